The van der Waals surface area contributed by atoms with Crippen LogP contribution in [-0.2, 0) is 0 Å². The zero-order valence-corrected chi connectivity index (χ0v) is 36.6. The van der Waals surface area contributed by atoms with Crippen molar-refractivity contribution in [3.8, 4) is 50.2 Å². The highest BCUT2D eigenvalue weighted by molar-refractivity contribution is 6.16. The second-order valence-corrected chi connectivity index (χ2v) is 17.3. The molecule has 0 saturated carbocycles. The number of nitrogens with zero attached hydrogens (tertiary/aromatic N) is 2. The van der Waals surface area contributed by atoms with Crippen molar-refractivity contribution in [1.82, 2.24) is 4.57 Å². The maximum atomic E-state index is 6.56. The molecule has 314 valence electrons. The van der Waals surface area contributed by atoms with Gasteiger partial charge < -0.3 is 13.9 Å². The number of benzene rings is 11. The summed E-state index contributed by atoms with van der Waals surface area (Å²) in [6, 6.07) is 91.9. The number of hydrogen-bond donors (Lipinski definition) is 0. The molecule has 3 nitrogen and oxygen atoms in total. The molecule has 0 fully saturated rings. The van der Waals surface area contributed by atoms with Gasteiger partial charge in [0.25, 0.3) is 0 Å². The van der Waals surface area contributed by atoms with Crippen molar-refractivity contribution in [3.63, 3.8) is 0 Å². The van der Waals surface area contributed by atoms with Crippen molar-refractivity contribution in [2.24, 2.45) is 0 Å². The summed E-state index contributed by atoms with van der Waals surface area (Å²) in [5.41, 5.74) is 17.9. The van der Waals surface area contributed by atoms with E-state index in [0.29, 0.717) is 0 Å². The van der Waals surface area contributed by atoms with Crippen molar-refractivity contribution < 1.29 is 4.42 Å². The summed E-state index contributed by atoms with van der Waals surface area (Å²) in [6.45, 7) is 0. The number of furan rings is 1. The van der Waals surface area contributed by atoms with Crippen molar-refractivity contribution in [2.75, 3.05) is 4.90 Å². The molecule has 11 aromatic carbocycles. The van der Waals surface area contributed by atoms with Gasteiger partial charge in [0.1, 0.15) is 11.2 Å². The van der Waals surface area contributed by atoms with Gasteiger partial charge in [0.2, 0.25) is 0 Å². The van der Waals surface area contributed by atoms with Gasteiger partial charge in [-0.3, -0.25) is 0 Å². The maximum absolute atomic E-state index is 6.56. The van der Waals surface area contributed by atoms with Gasteiger partial charge in [0.15, 0.2) is 0 Å². The van der Waals surface area contributed by atoms with Gasteiger partial charge in [-0.05, 0) is 123 Å². The molecule has 0 radical (unpaired) electrons. The molecule has 0 bridgehead atoms. The number of anilines is 3. The Bertz CT molecular complexity index is 3900. The molecule has 67 heavy (non-hydrogen) atoms. The third-order valence-corrected chi connectivity index (χ3v) is 13.4. The molecule has 3 heteroatoms. The van der Waals surface area contributed by atoms with Crippen LogP contribution < -0.4 is 4.90 Å². The number of fused-ring (bicyclic) bond motifs is 8. The minimum atomic E-state index is 0.882. The number of hydrogen-bond acceptors (Lipinski definition) is 2. The highest BCUT2D eigenvalue weighted by Gasteiger charge is 2.20. The summed E-state index contributed by atoms with van der Waals surface area (Å²) >= 11 is 0. The number of rotatable bonds is 8. The summed E-state index contributed by atoms with van der Waals surface area (Å²) < 4.78 is 8.94. The molecule has 0 unspecified atom stereocenters. The Hall–Kier alpha value is -8.92. The van der Waals surface area contributed by atoms with Crippen LogP contribution in [0.1, 0.15) is 0 Å². The first-order valence-corrected chi connectivity index (χ1v) is 22.9. The lowest BCUT2D eigenvalue weighted by Crippen LogP contribution is -2.11. The summed E-state index contributed by atoms with van der Waals surface area (Å²) in [5.74, 6) is 0. The SMILES string of the molecule is c1ccc(-c2ccc(-c3ccc(N(c4ccc(-n5c6ccccc6c6ccccc65)cc4)c4ccccc4-c4ccc5oc6c7ccccc7ccc6c5c4)cc3)cc2-c2ccccc2)cc1. The molecule has 0 aliphatic rings. The first-order chi connectivity index (χ1) is 33.2. The molecule has 2 heterocycles. The lowest BCUT2D eigenvalue weighted by molar-refractivity contribution is 0.672. The van der Waals surface area contributed by atoms with Crippen LogP contribution in [0.3, 0.4) is 0 Å². The molecule has 0 atom stereocenters. The van der Waals surface area contributed by atoms with Crippen LogP contribution in [-0.4, -0.2) is 4.57 Å². The van der Waals surface area contributed by atoms with Crippen LogP contribution >= 0.6 is 0 Å². The van der Waals surface area contributed by atoms with Gasteiger partial charge in [-0.1, -0.05) is 176 Å². The largest absolute Gasteiger partial charge is 0.455 e. The van der Waals surface area contributed by atoms with Crippen LogP contribution in [0.15, 0.2) is 259 Å². The molecule has 13 rings (SSSR count). The molecule has 0 spiro atoms. The van der Waals surface area contributed by atoms with Crippen LogP contribution in [0.25, 0.3) is 105 Å². The third-order valence-electron chi connectivity index (χ3n) is 13.4. The lowest BCUT2D eigenvalue weighted by Gasteiger charge is -2.28. The van der Waals surface area contributed by atoms with E-state index in [2.05, 4.69) is 264 Å². The molecule has 0 amide bonds. The molecular formula is C64H42N2O. The lowest BCUT2D eigenvalue weighted by atomic mass is 9.91. The van der Waals surface area contributed by atoms with E-state index in [1.807, 2.05) is 0 Å². The highest BCUT2D eigenvalue weighted by atomic mass is 16.3. The monoisotopic (exact) mass is 854 g/mol. The molecule has 0 saturated heterocycles. The summed E-state index contributed by atoms with van der Waals surface area (Å²) in [5, 5.41) is 7.02. The van der Waals surface area contributed by atoms with E-state index < -0.39 is 0 Å². The Morgan fingerprint density at radius 1 is 0.313 bits per heavy atom. The minimum absolute atomic E-state index is 0.882. The van der Waals surface area contributed by atoms with Gasteiger partial charge in [-0.25, -0.2) is 0 Å². The van der Waals surface area contributed by atoms with Gasteiger partial charge in [-0.2, -0.15) is 0 Å². The van der Waals surface area contributed by atoms with Crippen molar-refractivity contribution in [1.29, 1.82) is 0 Å². The van der Waals surface area contributed by atoms with Crippen LogP contribution in [0.5, 0.6) is 0 Å². The normalized spacial score (nSPS) is 11.6. The van der Waals surface area contributed by atoms with E-state index in [4.69, 9.17) is 4.42 Å². The molecule has 0 aliphatic carbocycles. The fourth-order valence-electron chi connectivity index (χ4n) is 10.2. The number of para-hydroxylation sites is 3. The van der Waals surface area contributed by atoms with Gasteiger partial charge in [-0.15, -0.1) is 0 Å². The first-order valence-electron chi connectivity index (χ1n) is 22.9. The summed E-state index contributed by atoms with van der Waals surface area (Å²) in [7, 11) is 0. The van der Waals surface area contributed by atoms with E-state index in [0.717, 1.165) is 66.8 Å². The maximum Gasteiger partial charge on any atom is 0.143 e. The smallest absolute Gasteiger partial charge is 0.143 e. The standard InChI is InChI=1S/C64H42N2O/c1-3-15-44(16-4-1)52-38-30-47(41-58(52)45-17-5-2-6-18-45)43-27-32-49(33-28-43)65(50-34-36-51(37-35-50)66-61-25-13-10-22-55(61)56-23-11-14-26-62(56)66)60-24-12-9-20-53(60)48-31-40-63-59(42-48)57-39-29-46-19-7-8-21-54(46)64(57)67-63/h1-42H. The quantitative estimate of drug-likeness (QED) is 0.152. The third kappa shape index (κ3) is 6.59. The topological polar surface area (TPSA) is 21.3 Å². The molecule has 13 aromatic rings. The average Bonchev–Trinajstić information content (AvgIpc) is 3.96. The Morgan fingerprint density at radius 3 is 1.60 bits per heavy atom. The first kappa shape index (κ1) is 38.5. The van der Waals surface area contributed by atoms with E-state index in [-0.39, 0.29) is 0 Å². The second kappa shape index (κ2) is 16.0. The second-order valence-electron chi connectivity index (χ2n) is 17.3. The molecule has 2 aromatic heterocycles. The zero-order valence-electron chi connectivity index (χ0n) is 36.6. The summed E-state index contributed by atoms with van der Waals surface area (Å²) in [6.07, 6.45) is 0. The van der Waals surface area contributed by atoms with Gasteiger partial charge >= 0.3 is 0 Å². The van der Waals surface area contributed by atoms with E-state index in [9.17, 15) is 0 Å². The predicted octanol–water partition coefficient (Wildman–Crippen LogP) is 18.0. The highest BCUT2D eigenvalue weighted by Crippen LogP contribution is 2.44. The van der Waals surface area contributed by atoms with Gasteiger partial charge in [0.05, 0.1) is 16.7 Å². The van der Waals surface area contributed by atoms with E-state index >= 15 is 0 Å². The Balaban J connectivity index is 0.950. The van der Waals surface area contributed by atoms with E-state index in [1.165, 1.54) is 55.0 Å². The van der Waals surface area contributed by atoms with E-state index in [1.54, 1.807) is 0 Å². The average molecular weight is 855 g/mol. The summed E-state index contributed by atoms with van der Waals surface area (Å²) in [4.78, 5) is 2.40. The Morgan fingerprint density at radius 2 is 0.881 bits per heavy atom. The molecule has 0 aliphatic heterocycles. The predicted molar refractivity (Wildman–Crippen MR) is 282 cm³/mol. The minimum Gasteiger partial charge on any atom is -0.455 e. The molecule has 0 N–H and O–H groups in total. The Kier molecular flexibility index (Phi) is 9.17. The zero-order chi connectivity index (χ0) is 44.3. The van der Waals surface area contributed by atoms with Crippen LogP contribution in [0.2, 0.25) is 0 Å². The number of aromatic nitrogens is 1. The van der Waals surface area contributed by atoms with Crippen LogP contribution in [0, 0.1) is 0 Å². The molecular weight excluding hydrogens is 813 g/mol. The fraction of sp³-hybridized carbons (Fsp3) is 0. The fourth-order valence-corrected chi connectivity index (χ4v) is 10.2. The van der Waals surface area contributed by atoms with Crippen molar-refractivity contribution >= 4 is 71.6 Å². The van der Waals surface area contributed by atoms with Gasteiger partial charge in [0, 0.05) is 49.6 Å². The van der Waals surface area contributed by atoms with Crippen molar-refractivity contribution in [2.45, 2.75) is 0 Å². The van der Waals surface area contributed by atoms with Crippen LogP contribution in [0.4, 0.5) is 17.1 Å². The van der Waals surface area contributed by atoms with Crippen molar-refractivity contribution in [3.05, 3.63) is 255 Å². The Labute approximate surface area is 388 Å².